The van der Waals surface area contributed by atoms with Crippen LogP contribution in [0.4, 0.5) is 5.82 Å². The second kappa shape index (κ2) is 6.21. The fourth-order valence-corrected chi connectivity index (χ4v) is 1.85. The van der Waals surface area contributed by atoms with E-state index in [0.717, 1.165) is 0 Å². The van der Waals surface area contributed by atoms with Crippen LogP contribution in [0.5, 0.6) is 0 Å². The summed E-state index contributed by atoms with van der Waals surface area (Å²) in [5.41, 5.74) is 0.468. The molecule has 1 aromatic heterocycles. The zero-order valence-electron chi connectivity index (χ0n) is 11.8. The van der Waals surface area contributed by atoms with Crippen molar-refractivity contribution >= 4 is 17.7 Å². The fraction of sp³-hybridized carbons (Fsp3) is 0.267. The number of hydrogen-bond donors (Lipinski definition) is 1. The number of hydrogen-bond acceptors (Lipinski definition) is 4. The number of carbonyl (C=O) groups excluding carboxylic acids is 1. The molecule has 0 bridgehead atoms. The first kappa shape index (κ1) is 14.8. The topological polar surface area (TPSA) is 83.6 Å². The van der Waals surface area contributed by atoms with E-state index in [2.05, 4.69) is 5.16 Å². The van der Waals surface area contributed by atoms with Crippen molar-refractivity contribution in [3.8, 4) is 0 Å². The number of anilines is 1. The molecule has 6 heteroatoms. The Morgan fingerprint density at radius 3 is 2.52 bits per heavy atom. The van der Waals surface area contributed by atoms with Crippen LogP contribution < -0.4 is 4.90 Å². The minimum atomic E-state index is -0.971. The summed E-state index contributed by atoms with van der Waals surface area (Å²) in [5, 5.41) is 12.9. The average molecular weight is 288 g/mol. The number of aromatic nitrogens is 1. The maximum Gasteiger partial charge on any atom is 0.308 e. The standard InChI is InChI=1S/C15H16N2O4/c1-10(15(19)20)9-17(13-8-11(2)21-16-13)14(18)12-6-4-3-5-7-12/h3-8,10H,9H2,1-2H3,(H,19,20). The first-order valence-electron chi connectivity index (χ1n) is 6.52. The van der Waals surface area contributed by atoms with Gasteiger partial charge in [0.1, 0.15) is 5.76 Å². The van der Waals surface area contributed by atoms with E-state index in [0.29, 0.717) is 17.1 Å². The van der Waals surface area contributed by atoms with Gasteiger partial charge in [-0.3, -0.25) is 14.5 Å². The van der Waals surface area contributed by atoms with E-state index in [-0.39, 0.29) is 12.5 Å². The highest BCUT2D eigenvalue weighted by Crippen LogP contribution is 2.19. The fourth-order valence-electron chi connectivity index (χ4n) is 1.85. The lowest BCUT2D eigenvalue weighted by atomic mass is 10.1. The Morgan fingerprint density at radius 1 is 1.33 bits per heavy atom. The molecular weight excluding hydrogens is 272 g/mol. The van der Waals surface area contributed by atoms with Gasteiger partial charge in [0.25, 0.3) is 5.91 Å². The largest absolute Gasteiger partial charge is 0.481 e. The summed E-state index contributed by atoms with van der Waals surface area (Å²) in [6.07, 6.45) is 0. The summed E-state index contributed by atoms with van der Waals surface area (Å²) in [6.45, 7) is 3.28. The molecule has 2 aromatic rings. The molecule has 1 unspecified atom stereocenters. The molecule has 2 rings (SSSR count). The molecule has 0 fully saturated rings. The quantitative estimate of drug-likeness (QED) is 0.913. The van der Waals surface area contributed by atoms with E-state index in [1.165, 1.54) is 4.90 Å². The van der Waals surface area contributed by atoms with E-state index in [9.17, 15) is 9.59 Å². The maximum atomic E-state index is 12.6. The number of carbonyl (C=O) groups is 2. The van der Waals surface area contributed by atoms with Gasteiger partial charge in [0.15, 0.2) is 5.82 Å². The number of amides is 1. The van der Waals surface area contributed by atoms with Gasteiger partial charge >= 0.3 is 5.97 Å². The highest BCUT2D eigenvalue weighted by Gasteiger charge is 2.25. The SMILES string of the molecule is Cc1cc(N(CC(C)C(=O)O)C(=O)c2ccccc2)no1. The highest BCUT2D eigenvalue weighted by molar-refractivity contribution is 6.05. The van der Waals surface area contributed by atoms with Gasteiger partial charge in [0, 0.05) is 18.2 Å². The molecule has 0 spiro atoms. The van der Waals surface area contributed by atoms with Crippen LogP contribution in [0.2, 0.25) is 0 Å². The van der Waals surface area contributed by atoms with Crippen LogP contribution in [0.1, 0.15) is 23.0 Å². The number of aryl methyl sites for hydroxylation is 1. The van der Waals surface area contributed by atoms with Gasteiger partial charge in [-0.1, -0.05) is 30.3 Å². The van der Waals surface area contributed by atoms with Gasteiger partial charge in [0.05, 0.1) is 5.92 Å². The molecule has 0 aliphatic rings. The molecule has 1 N–H and O–H groups in total. The number of nitrogens with zero attached hydrogens (tertiary/aromatic N) is 2. The lowest BCUT2D eigenvalue weighted by Gasteiger charge is -2.21. The Labute approximate surface area is 122 Å². The molecule has 0 saturated heterocycles. The second-order valence-corrected chi connectivity index (χ2v) is 4.82. The summed E-state index contributed by atoms with van der Waals surface area (Å²) in [6, 6.07) is 10.3. The molecule has 6 nitrogen and oxygen atoms in total. The molecule has 1 atom stereocenters. The number of carboxylic acids is 1. The van der Waals surface area contributed by atoms with Crippen molar-refractivity contribution in [1.82, 2.24) is 5.16 Å². The normalized spacial score (nSPS) is 11.9. The molecule has 1 heterocycles. The molecule has 0 saturated carbocycles. The molecule has 110 valence electrons. The molecule has 21 heavy (non-hydrogen) atoms. The van der Waals surface area contributed by atoms with E-state index in [4.69, 9.17) is 9.63 Å². The first-order chi connectivity index (χ1) is 9.99. The summed E-state index contributed by atoms with van der Waals surface area (Å²) >= 11 is 0. The minimum absolute atomic E-state index is 0.0229. The van der Waals surface area contributed by atoms with E-state index >= 15 is 0 Å². The predicted molar refractivity (Wildman–Crippen MR) is 76.2 cm³/mol. The van der Waals surface area contributed by atoms with Crippen LogP contribution in [0.15, 0.2) is 40.9 Å². The lowest BCUT2D eigenvalue weighted by Crippen LogP contribution is -2.37. The molecule has 1 aromatic carbocycles. The Kier molecular flexibility index (Phi) is 4.37. The predicted octanol–water partition coefficient (Wildman–Crippen LogP) is 2.35. The minimum Gasteiger partial charge on any atom is -0.481 e. The third-order valence-electron chi connectivity index (χ3n) is 3.04. The van der Waals surface area contributed by atoms with Crippen molar-refractivity contribution < 1.29 is 19.2 Å². The maximum absolute atomic E-state index is 12.6. The average Bonchev–Trinajstić information content (AvgIpc) is 2.91. The molecule has 1 amide bonds. The Hall–Kier alpha value is -2.63. The van der Waals surface area contributed by atoms with Gasteiger partial charge < -0.3 is 9.63 Å². The summed E-state index contributed by atoms with van der Waals surface area (Å²) in [5.74, 6) is -1.12. The van der Waals surface area contributed by atoms with Crippen LogP contribution in [0.25, 0.3) is 0 Å². The lowest BCUT2D eigenvalue weighted by molar-refractivity contribution is -0.140. The van der Waals surface area contributed by atoms with E-state index in [1.807, 2.05) is 0 Å². The van der Waals surface area contributed by atoms with Crippen molar-refractivity contribution in [2.45, 2.75) is 13.8 Å². The Balaban J connectivity index is 2.31. The monoisotopic (exact) mass is 288 g/mol. The number of aliphatic carboxylic acids is 1. The van der Waals surface area contributed by atoms with Gasteiger partial charge in [-0.25, -0.2) is 0 Å². The smallest absolute Gasteiger partial charge is 0.308 e. The van der Waals surface area contributed by atoms with Gasteiger partial charge in [-0.2, -0.15) is 0 Å². The van der Waals surface area contributed by atoms with Crippen molar-refractivity contribution in [3.63, 3.8) is 0 Å². The van der Waals surface area contributed by atoms with Crippen molar-refractivity contribution in [2.24, 2.45) is 5.92 Å². The van der Waals surface area contributed by atoms with Crippen LogP contribution in [0.3, 0.4) is 0 Å². The number of rotatable bonds is 5. The summed E-state index contributed by atoms with van der Waals surface area (Å²) < 4.78 is 4.98. The van der Waals surface area contributed by atoms with Crippen molar-refractivity contribution in [3.05, 3.63) is 47.7 Å². The van der Waals surface area contributed by atoms with E-state index < -0.39 is 11.9 Å². The van der Waals surface area contributed by atoms with E-state index in [1.54, 1.807) is 50.2 Å². The summed E-state index contributed by atoms with van der Waals surface area (Å²) in [7, 11) is 0. The Bertz CT molecular complexity index is 636. The zero-order valence-corrected chi connectivity index (χ0v) is 11.8. The third-order valence-corrected chi connectivity index (χ3v) is 3.04. The molecule has 0 radical (unpaired) electrons. The second-order valence-electron chi connectivity index (χ2n) is 4.82. The Morgan fingerprint density at radius 2 is 2.00 bits per heavy atom. The first-order valence-corrected chi connectivity index (χ1v) is 6.52. The third kappa shape index (κ3) is 3.47. The molecule has 0 aliphatic heterocycles. The number of carboxylic acid groups (broad SMARTS) is 1. The van der Waals surface area contributed by atoms with Crippen LogP contribution >= 0.6 is 0 Å². The van der Waals surface area contributed by atoms with Crippen molar-refractivity contribution in [2.75, 3.05) is 11.4 Å². The van der Waals surface area contributed by atoms with Crippen LogP contribution in [-0.4, -0.2) is 28.7 Å². The molecular formula is C15H16N2O4. The van der Waals surface area contributed by atoms with Gasteiger partial charge in [0.2, 0.25) is 0 Å². The zero-order chi connectivity index (χ0) is 15.4. The highest BCUT2D eigenvalue weighted by atomic mass is 16.5. The van der Waals surface area contributed by atoms with Gasteiger partial charge in [-0.15, -0.1) is 0 Å². The molecule has 0 aliphatic carbocycles. The van der Waals surface area contributed by atoms with Crippen LogP contribution in [0, 0.1) is 12.8 Å². The number of benzene rings is 1. The van der Waals surface area contributed by atoms with Crippen molar-refractivity contribution in [1.29, 1.82) is 0 Å². The summed E-state index contributed by atoms with van der Waals surface area (Å²) in [4.78, 5) is 24.9. The van der Waals surface area contributed by atoms with Gasteiger partial charge in [-0.05, 0) is 19.1 Å². The van der Waals surface area contributed by atoms with Crippen LogP contribution in [-0.2, 0) is 4.79 Å².